The van der Waals surface area contributed by atoms with Crippen molar-refractivity contribution in [1.82, 2.24) is 19.7 Å². The van der Waals surface area contributed by atoms with Crippen LogP contribution in [0.25, 0.3) is 10.9 Å². The van der Waals surface area contributed by atoms with Crippen molar-refractivity contribution in [2.24, 2.45) is 0 Å². The first kappa shape index (κ1) is 12.0. The average molecular weight is 263 g/mol. The number of nitrogens with two attached hydrogens (primary N) is 1. The predicted octanol–water partition coefficient (Wildman–Crippen LogP) is 0.279. The van der Waals surface area contributed by atoms with Crippen molar-refractivity contribution in [3.05, 3.63) is 16.4 Å². The van der Waals surface area contributed by atoms with Crippen LogP contribution in [0.2, 0.25) is 0 Å². The number of aromatic nitrogens is 3. The molecule has 0 aromatic carbocycles. The summed E-state index contributed by atoms with van der Waals surface area (Å²) in [4.78, 5) is 16.4. The molecule has 2 aromatic rings. The molecule has 0 bridgehead atoms. The van der Waals surface area contributed by atoms with Crippen molar-refractivity contribution in [3.63, 3.8) is 0 Å². The van der Waals surface area contributed by atoms with Crippen LogP contribution in [0.15, 0.2) is 10.9 Å². The molecule has 0 radical (unpaired) electrons. The first-order chi connectivity index (χ1) is 9.06. The zero-order valence-corrected chi connectivity index (χ0v) is 10.8. The summed E-state index contributed by atoms with van der Waals surface area (Å²) in [6.45, 7) is 1.98. The summed E-state index contributed by atoms with van der Waals surface area (Å²) in [5, 5.41) is 14.1. The van der Waals surface area contributed by atoms with E-state index >= 15 is 0 Å². The highest BCUT2D eigenvalue weighted by atomic mass is 16.3. The molecule has 0 unspecified atom stereocenters. The fourth-order valence-electron chi connectivity index (χ4n) is 2.66. The monoisotopic (exact) mass is 263 g/mol. The molecule has 1 aliphatic heterocycles. The molecular weight excluding hydrogens is 246 g/mol. The van der Waals surface area contributed by atoms with Crippen LogP contribution in [-0.4, -0.2) is 44.9 Å². The first-order valence-corrected chi connectivity index (χ1v) is 6.35. The Morgan fingerprint density at radius 1 is 1.47 bits per heavy atom. The summed E-state index contributed by atoms with van der Waals surface area (Å²) in [5.41, 5.74) is 6.09. The van der Waals surface area contributed by atoms with E-state index in [-0.39, 0.29) is 11.9 Å². The maximum absolute atomic E-state index is 11.8. The summed E-state index contributed by atoms with van der Waals surface area (Å²) < 4.78 is 1.73. The molecule has 0 saturated carbocycles. The molecule has 4 N–H and O–H groups in total. The Morgan fingerprint density at radius 2 is 2.16 bits per heavy atom. The van der Waals surface area contributed by atoms with Crippen LogP contribution < -0.4 is 11.3 Å². The molecule has 0 spiro atoms. The van der Waals surface area contributed by atoms with Gasteiger partial charge in [-0.15, -0.1) is 0 Å². The van der Waals surface area contributed by atoms with Crippen molar-refractivity contribution in [2.75, 3.05) is 25.9 Å². The van der Waals surface area contributed by atoms with Gasteiger partial charge in [-0.3, -0.25) is 9.78 Å². The minimum absolute atomic E-state index is 0.189. The smallest absolute Gasteiger partial charge is 0.263 e. The predicted molar refractivity (Wildman–Crippen MR) is 72.2 cm³/mol. The van der Waals surface area contributed by atoms with E-state index in [0.717, 1.165) is 25.9 Å². The highest BCUT2D eigenvalue weighted by molar-refractivity contribution is 5.88. The topological polar surface area (TPSA) is 100 Å². The zero-order chi connectivity index (χ0) is 13.6. The van der Waals surface area contributed by atoms with Gasteiger partial charge in [0.25, 0.3) is 5.56 Å². The highest BCUT2D eigenvalue weighted by Gasteiger charge is 2.23. The number of nitrogen functional groups attached to an aromatic ring is 1. The molecule has 7 nitrogen and oxygen atoms in total. The van der Waals surface area contributed by atoms with Crippen molar-refractivity contribution in [3.8, 4) is 5.88 Å². The summed E-state index contributed by atoms with van der Waals surface area (Å²) in [6, 6.07) is 1.64. The van der Waals surface area contributed by atoms with Crippen LogP contribution in [0.1, 0.15) is 18.9 Å². The second-order valence-electron chi connectivity index (χ2n) is 5.11. The summed E-state index contributed by atoms with van der Waals surface area (Å²) in [7, 11) is 2.09. The van der Waals surface area contributed by atoms with Crippen LogP contribution in [0.5, 0.6) is 5.88 Å². The van der Waals surface area contributed by atoms with E-state index < -0.39 is 5.56 Å². The molecule has 7 heteroatoms. The van der Waals surface area contributed by atoms with E-state index in [2.05, 4.69) is 22.0 Å². The maximum atomic E-state index is 11.8. The second-order valence-corrected chi connectivity index (χ2v) is 5.11. The lowest BCUT2D eigenvalue weighted by molar-refractivity contribution is 0.214. The van der Waals surface area contributed by atoms with Crippen molar-refractivity contribution in [1.29, 1.82) is 0 Å². The number of likely N-dealkylation sites (tertiary alicyclic amines) is 1. The number of pyridine rings is 1. The fourth-order valence-corrected chi connectivity index (χ4v) is 2.66. The molecule has 102 valence electrons. The number of hydrogen-bond donors (Lipinski definition) is 3. The van der Waals surface area contributed by atoms with Gasteiger partial charge in [-0.2, -0.15) is 5.10 Å². The summed E-state index contributed by atoms with van der Waals surface area (Å²) in [6.07, 6.45) is 1.91. The standard InChI is InChI=1S/C12H17N5O2/c1-16-4-2-7(3-5-16)17-11(13)10-8(15-17)6-9(18)14-12(10)19/h6-7,18H,2-5,13H2,1H3,(H,14,19). The second kappa shape index (κ2) is 4.27. The number of aromatic amines is 1. The minimum Gasteiger partial charge on any atom is -0.494 e. The molecule has 19 heavy (non-hydrogen) atoms. The number of hydrogen-bond acceptors (Lipinski definition) is 5. The van der Waals surface area contributed by atoms with E-state index in [1.165, 1.54) is 6.07 Å². The van der Waals surface area contributed by atoms with Crippen molar-refractivity contribution < 1.29 is 5.11 Å². The number of rotatable bonds is 1. The van der Waals surface area contributed by atoms with Crippen molar-refractivity contribution >= 4 is 16.7 Å². The third-order valence-electron chi connectivity index (χ3n) is 3.75. The molecule has 0 aliphatic carbocycles. The summed E-state index contributed by atoms with van der Waals surface area (Å²) >= 11 is 0. The number of anilines is 1. The molecule has 1 fully saturated rings. The fraction of sp³-hybridized carbons (Fsp3) is 0.500. The van der Waals surface area contributed by atoms with Gasteiger partial charge in [0.2, 0.25) is 0 Å². The third-order valence-corrected chi connectivity index (χ3v) is 3.75. The van der Waals surface area contributed by atoms with Crippen LogP contribution in [-0.2, 0) is 0 Å². The Hall–Kier alpha value is -2.02. The number of nitrogens with zero attached hydrogens (tertiary/aromatic N) is 3. The van der Waals surface area contributed by atoms with Gasteiger partial charge in [0, 0.05) is 6.07 Å². The Morgan fingerprint density at radius 3 is 2.84 bits per heavy atom. The summed E-state index contributed by atoms with van der Waals surface area (Å²) in [5.74, 6) is 0.191. The van der Waals surface area contributed by atoms with Crippen LogP contribution in [0.3, 0.4) is 0 Å². The molecule has 1 aliphatic rings. The third kappa shape index (κ3) is 1.95. The van der Waals surface area contributed by atoms with E-state index in [0.29, 0.717) is 16.7 Å². The molecule has 3 heterocycles. The van der Waals surface area contributed by atoms with Gasteiger partial charge in [-0.05, 0) is 33.0 Å². The zero-order valence-electron chi connectivity index (χ0n) is 10.8. The van der Waals surface area contributed by atoms with Gasteiger partial charge in [0.1, 0.15) is 16.7 Å². The molecule has 3 rings (SSSR count). The van der Waals surface area contributed by atoms with E-state index in [1.807, 2.05) is 0 Å². The first-order valence-electron chi connectivity index (χ1n) is 6.35. The van der Waals surface area contributed by atoms with Crippen LogP contribution in [0, 0.1) is 0 Å². The van der Waals surface area contributed by atoms with Gasteiger partial charge in [0.05, 0.1) is 6.04 Å². The Labute approximate surface area is 109 Å². The lowest BCUT2D eigenvalue weighted by Crippen LogP contribution is -2.32. The van der Waals surface area contributed by atoms with E-state index in [1.54, 1.807) is 4.68 Å². The number of nitrogens with one attached hydrogen (secondary N) is 1. The maximum Gasteiger partial charge on any atom is 0.263 e. The number of piperidine rings is 1. The Balaban J connectivity index is 2.08. The number of H-pyrrole nitrogens is 1. The Bertz CT molecular complexity index is 667. The van der Waals surface area contributed by atoms with E-state index in [9.17, 15) is 9.90 Å². The van der Waals surface area contributed by atoms with Gasteiger partial charge < -0.3 is 15.7 Å². The van der Waals surface area contributed by atoms with E-state index in [4.69, 9.17) is 5.73 Å². The van der Waals surface area contributed by atoms with Gasteiger partial charge in [-0.1, -0.05) is 0 Å². The van der Waals surface area contributed by atoms with Gasteiger partial charge in [0.15, 0.2) is 5.88 Å². The Kier molecular flexibility index (Phi) is 2.70. The normalized spacial score (nSPS) is 18.2. The lowest BCUT2D eigenvalue weighted by atomic mass is 10.1. The van der Waals surface area contributed by atoms with Crippen LogP contribution >= 0.6 is 0 Å². The largest absolute Gasteiger partial charge is 0.494 e. The van der Waals surface area contributed by atoms with Gasteiger partial charge >= 0.3 is 0 Å². The lowest BCUT2D eigenvalue weighted by Gasteiger charge is -2.29. The average Bonchev–Trinajstić information content (AvgIpc) is 2.67. The quantitative estimate of drug-likeness (QED) is 0.686. The number of fused-ring (bicyclic) bond motifs is 1. The minimum atomic E-state index is -0.397. The molecule has 1 saturated heterocycles. The molecular formula is C12H17N5O2. The molecule has 2 aromatic heterocycles. The van der Waals surface area contributed by atoms with Gasteiger partial charge in [-0.25, -0.2) is 4.68 Å². The number of aromatic hydroxyl groups is 1. The SMILES string of the molecule is CN1CCC(n2nc3cc(O)[nH]c(=O)c3c2N)CC1. The van der Waals surface area contributed by atoms with Crippen molar-refractivity contribution in [2.45, 2.75) is 18.9 Å². The molecule has 0 amide bonds. The molecule has 0 atom stereocenters. The highest BCUT2D eigenvalue weighted by Crippen LogP contribution is 2.28. The van der Waals surface area contributed by atoms with Crippen LogP contribution in [0.4, 0.5) is 5.82 Å².